The van der Waals surface area contributed by atoms with Crippen LogP contribution < -0.4 is 5.32 Å². The number of hydrogen-bond donors (Lipinski definition) is 1. The Kier molecular flexibility index (Phi) is 6.27. The summed E-state index contributed by atoms with van der Waals surface area (Å²) in [5.74, 6) is -0.445. The quantitative estimate of drug-likeness (QED) is 0.202. The number of nitrogens with one attached hydrogen (secondary N) is 1. The Morgan fingerprint density at radius 1 is 1.22 bits per heavy atom. The monoisotopic (exact) mass is 501 g/mol. The molecule has 6 nitrogen and oxygen atoms in total. The van der Waals surface area contributed by atoms with Gasteiger partial charge in [0.05, 0.1) is 12.9 Å². The highest BCUT2D eigenvalue weighted by Crippen LogP contribution is 2.40. The zero-order chi connectivity index (χ0) is 22.1. The van der Waals surface area contributed by atoms with Crippen molar-refractivity contribution in [2.45, 2.75) is 30.7 Å². The predicted octanol–water partition coefficient (Wildman–Crippen LogP) is 5.88. The standard InChI is InChI=1S/C22H19N3O3S4/c1-28-22(27)18-13(14-7-4-8-29-14)9-30-21(18)25-16(26)10-31-19-17-12-5-2-3-6-15(12)32-20(17)24-11-23-19/h4,7-9,11H,2-3,5-6,10H2,1H3,(H,25,26). The Morgan fingerprint density at radius 2 is 2.09 bits per heavy atom. The van der Waals surface area contributed by atoms with E-state index in [0.29, 0.717) is 10.6 Å². The second-order valence-corrected chi connectivity index (χ2v) is 11.1. The Hall–Kier alpha value is -2.27. The first-order valence-corrected chi connectivity index (χ1v) is 13.6. The number of carbonyl (C=O) groups is 2. The summed E-state index contributed by atoms with van der Waals surface area (Å²) in [5, 5.41) is 9.20. The third-order valence-electron chi connectivity index (χ3n) is 5.28. The van der Waals surface area contributed by atoms with Gasteiger partial charge >= 0.3 is 5.97 Å². The lowest BCUT2D eigenvalue weighted by molar-refractivity contribution is -0.113. The molecule has 4 aromatic rings. The molecule has 0 bridgehead atoms. The van der Waals surface area contributed by atoms with Crippen LogP contribution in [0.5, 0.6) is 0 Å². The zero-order valence-electron chi connectivity index (χ0n) is 17.2. The molecule has 0 aliphatic heterocycles. The van der Waals surface area contributed by atoms with E-state index in [1.165, 1.54) is 64.8 Å². The third-order valence-corrected chi connectivity index (χ3v) is 9.26. The number of nitrogens with zero attached hydrogens (tertiary/aromatic N) is 2. The van der Waals surface area contributed by atoms with Crippen LogP contribution in [-0.4, -0.2) is 34.7 Å². The van der Waals surface area contributed by atoms with E-state index in [0.717, 1.165) is 38.5 Å². The average molecular weight is 502 g/mol. The molecule has 10 heteroatoms. The number of thioether (sulfide) groups is 1. The van der Waals surface area contributed by atoms with Crippen LogP contribution in [0.2, 0.25) is 0 Å². The highest BCUT2D eigenvalue weighted by molar-refractivity contribution is 8.00. The number of carbonyl (C=O) groups excluding carboxylic acids is 2. The number of methoxy groups -OCH3 is 1. The van der Waals surface area contributed by atoms with Gasteiger partial charge in [0.25, 0.3) is 0 Å². The normalized spacial score (nSPS) is 13.2. The van der Waals surface area contributed by atoms with Crippen molar-refractivity contribution in [3.05, 3.63) is 45.2 Å². The molecule has 0 radical (unpaired) electrons. The number of fused-ring (bicyclic) bond motifs is 3. The summed E-state index contributed by atoms with van der Waals surface area (Å²) in [6.07, 6.45) is 6.12. The van der Waals surface area contributed by atoms with Crippen LogP contribution in [0, 0.1) is 0 Å². The van der Waals surface area contributed by atoms with Crippen molar-refractivity contribution >= 4 is 72.9 Å². The lowest BCUT2D eigenvalue weighted by Crippen LogP contribution is -2.16. The maximum Gasteiger partial charge on any atom is 0.341 e. The molecule has 0 atom stereocenters. The van der Waals surface area contributed by atoms with Crippen molar-refractivity contribution in [1.82, 2.24) is 9.97 Å². The SMILES string of the molecule is COC(=O)c1c(-c2cccs2)csc1NC(=O)CSc1ncnc2sc3c(c12)CCCC3. The minimum atomic E-state index is -0.458. The highest BCUT2D eigenvalue weighted by Gasteiger charge is 2.24. The van der Waals surface area contributed by atoms with E-state index < -0.39 is 5.97 Å². The van der Waals surface area contributed by atoms with Crippen LogP contribution in [0.3, 0.4) is 0 Å². The lowest BCUT2D eigenvalue weighted by atomic mass is 9.97. The minimum absolute atomic E-state index is 0.185. The summed E-state index contributed by atoms with van der Waals surface area (Å²) in [7, 11) is 1.35. The number of amides is 1. The number of hydrogen-bond acceptors (Lipinski definition) is 9. The third kappa shape index (κ3) is 4.07. The van der Waals surface area contributed by atoms with Crippen LogP contribution in [0.1, 0.15) is 33.6 Å². The van der Waals surface area contributed by atoms with Gasteiger partial charge in [0.1, 0.15) is 26.7 Å². The summed E-state index contributed by atoms with van der Waals surface area (Å²) in [6, 6.07) is 3.88. The van der Waals surface area contributed by atoms with E-state index in [2.05, 4.69) is 15.3 Å². The number of rotatable bonds is 6. The number of anilines is 1. The van der Waals surface area contributed by atoms with Gasteiger partial charge in [0, 0.05) is 26.1 Å². The first-order chi connectivity index (χ1) is 15.7. The summed E-state index contributed by atoms with van der Waals surface area (Å²) in [5.41, 5.74) is 2.53. The molecule has 4 aromatic heterocycles. The largest absolute Gasteiger partial charge is 0.465 e. The van der Waals surface area contributed by atoms with E-state index in [-0.39, 0.29) is 11.7 Å². The molecule has 0 aromatic carbocycles. The van der Waals surface area contributed by atoms with E-state index in [1.54, 1.807) is 17.7 Å². The Bertz CT molecular complexity index is 1290. The van der Waals surface area contributed by atoms with Crippen molar-refractivity contribution in [2.75, 3.05) is 18.2 Å². The Balaban J connectivity index is 1.35. The molecule has 0 unspecified atom stereocenters. The van der Waals surface area contributed by atoms with Crippen LogP contribution >= 0.6 is 45.8 Å². The van der Waals surface area contributed by atoms with Crippen LogP contribution in [-0.2, 0) is 22.4 Å². The van der Waals surface area contributed by atoms with Gasteiger partial charge in [-0.1, -0.05) is 17.8 Å². The Labute approximate surface area is 201 Å². The molecule has 32 heavy (non-hydrogen) atoms. The zero-order valence-corrected chi connectivity index (χ0v) is 20.4. The van der Waals surface area contributed by atoms with Gasteiger partial charge in [-0.25, -0.2) is 14.8 Å². The smallest absolute Gasteiger partial charge is 0.341 e. The van der Waals surface area contributed by atoms with Gasteiger partial charge in [-0.15, -0.1) is 34.0 Å². The summed E-state index contributed by atoms with van der Waals surface area (Å²) in [6.45, 7) is 0. The molecule has 0 saturated heterocycles. The lowest BCUT2D eigenvalue weighted by Gasteiger charge is -2.11. The van der Waals surface area contributed by atoms with E-state index in [9.17, 15) is 9.59 Å². The van der Waals surface area contributed by atoms with Crippen molar-refractivity contribution in [1.29, 1.82) is 0 Å². The maximum absolute atomic E-state index is 12.8. The van der Waals surface area contributed by atoms with Gasteiger partial charge in [-0.3, -0.25) is 4.79 Å². The second kappa shape index (κ2) is 9.30. The fourth-order valence-electron chi connectivity index (χ4n) is 3.84. The molecule has 0 saturated carbocycles. The first-order valence-electron chi connectivity index (χ1n) is 10.1. The summed E-state index contributed by atoms with van der Waals surface area (Å²) < 4.78 is 4.98. The van der Waals surface area contributed by atoms with Crippen LogP contribution in [0.25, 0.3) is 20.7 Å². The number of aryl methyl sites for hydroxylation is 2. The molecular formula is C22H19N3O3S4. The molecule has 1 N–H and O–H groups in total. The summed E-state index contributed by atoms with van der Waals surface area (Å²) in [4.78, 5) is 37.5. The molecule has 164 valence electrons. The van der Waals surface area contributed by atoms with Crippen LogP contribution in [0.15, 0.2) is 34.2 Å². The highest BCUT2D eigenvalue weighted by atomic mass is 32.2. The predicted molar refractivity (Wildman–Crippen MR) is 132 cm³/mol. The van der Waals surface area contributed by atoms with Crippen LogP contribution in [0.4, 0.5) is 5.00 Å². The molecule has 0 fully saturated rings. The van der Waals surface area contributed by atoms with E-state index in [4.69, 9.17) is 4.74 Å². The molecule has 1 amide bonds. The Morgan fingerprint density at radius 3 is 2.91 bits per heavy atom. The van der Waals surface area contributed by atoms with Gasteiger partial charge < -0.3 is 10.1 Å². The molecule has 0 spiro atoms. The van der Waals surface area contributed by atoms with E-state index >= 15 is 0 Å². The van der Waals surface area contributed by atoms with Crippen molar-refractivity contribution in [3.63, 3.8) is 0 Å². The number of aromatic nitrogens is 2. The van der Waals surface area contributed by atoms with Gasteiger partial charge in [0.15, 0.2) is 0 Å². The van der Waals surface area contributed by atoms with Gasteiger partial charge in [0.2, 0.25) is 5.91 Å². The van der Waals surface area contributed by atoms with Gasteiger partial charge in [-0.2, -0.15) is 0 Å². The van der Waals surface area contributed by atoms with Crippen molar-refractivity contribution < 1.29 is 14.3 Å². The topological polar surface area (TPSA) is 81.2 Å². The first kappa shape index (κ1) is 21.6. The fraction of sp³-hybridized carbons (Fsp3) is 0.273. The molecule has 5 rings (SSSR count). The average Bonchev–Trinajstić information content (AvgIpc) is 3.55. The fourth-order valence-corrected chi connectivity index (χ4v) is 7.74. The molecule has 4 heterocycles. The van der Waals surface area contributed by atoms with E-state index in [1.807, 2.05) is 22.9 Å². The minimum Gasteiger partial charge on any atom is -0.465 e. The van der Waals surface area contributed by atoms with Crippen molar-refractivity contribution in [2.24, 2.45) is 0 Å². The second-order valence-electron chi connectivity index (χ2n) is 7.23. The summed E-state index contributed by atoms with van der Waals surface area (Å²) >= 11 is 6.03. The molecule has 1 aliphatic rings. The maximum atomic E-state index is 12.8. The number of thiophene rings is 3. The molecule has 1 aliphatic carbocycles. The molecular weight excluding hydrogens is 483 g/mol. The van der Waals surface area contributed by atoms with Crippen molar-refractivity contribution in [3.8, 4) is 10.4 Å². The van der Waals surface area contributed by atoms with Gasteiger partial charge in [-0.05, 0) is 42.7 Å². The number of ether oxygens (including phenoxy) is 1. The number of esters is 1.